The minimum Gasteiger partial charge on any atom is -0.409 e. The highest BCUT2D eigenvalue weighted by atomic mass is 32.2. The van der Waals surface area contributed by atoms with Crippen LogP contribution in [-0.2, 0) is 0 Å². The summed E-state index contributed by atoms with van der Waals surface area (Å²) >= 11 is 1.63. The fourth-order valence-corrected chi connectivity index (χ4v) is 1.96. The molecule has 0 rings (SSSR count). The Kier molecular flexibility index (Phi) is 7.37. The normalized spacial score (nSPS) is 16.9. The highest BCUT2D eigenvalue weighted by Gasteiger charge is 2.42. The van der Waals surface area contributed by atoms with E-state index in [-0.39, 0.29) is 12.5 Å². The number of thioether (sulfide) groups is 1. The molecule has 0 saturated carbocycles. The van der Waals surface area contributed by atoms with Gasteiger partial charge in [-0.25, -0.2) is 0 Å². The molecule has 0 aliphatic carbocycles. The van der Waals surface area contributed by atoms with Crippen LogP contribution in [-0.4, -0.2) is 42.3 Å². The number of hydrogen-bond acceptors (Lipinski definition) is 4. The van der Waals surface area contributed by atoms with E-state index in [9.17, 15) is 13.2 Å². The van der Waals surface area contributed by atoms with Crippen LogP contribution in [0.5, 0.6) is 0 Å². The molecule has 2 atom stereocenters. The van der Waals surface area contributed by atoms with Gasteiger partial charge in [0.05, 0.1) is 0 Å². The zero-order valence-electron chi connectivity index (χ0n) is 9.79. The van der Waals surface area contributed by atoms with Gasteiger partial charge in [0.1, 0.15) is 5.92 Å². The van der Waals surface area contributed by atoms with Gasteiger partial charge in [-0.05, 0) is 24.5 Å². The molecule has 0 fully saturated rings. The van der Waals surface area contributed by atoms with Gasteiger partial charge in [0, 0.05) is 6.54 Å². The molecule has 0 saturated heterocycles. The van der Waals surface area contributed by atoms with E-state index < -0.39 is 17.9 Å². The van der Waals surface area contributed by atoms with Gasteiger partial charge >= 0.3 is 6.18 Å². The number of amidine groups is 1. The lowest BCUT2D eigenvalue weighted by Gasteiger charge is -2.20. The topological polar surface area (TPSA) is 70.6 Å². The maximum atomic E-state index is 12.5. The molecule has 0 aromatic carbocycles. The maximum absolute atomic E-state index is 12.5. The van der Waals surface area contributed by atoms with Gasteiger partial charge in [0.2, 0.25) is 0 Å². The Balaban J connectivity index is 4.20. The molecule has 0 aromatic rings. The third-order valence-corrected chi connectivity index (χ3v) is 3.06. The Labute approximate surface area is 103 Å². The molecule has 0 aliphatic rings. The Morgan fingerprint density at radius 2 is 2.06 bits per heavy atom. The monoisotopic (exact) mass is 273 g/mol. The highest BCUT2D eigenvalue weighted by molar-refractivity contribution is 7.98. The SMILES string of the molecule is CSCC(C)CNCC(C(N)=NO)C(F)(F)F. The zero-order valence-corrected chi connectivity index (χ0v) is 10.6. The summed E-state index contributed by atoms with van der Waals surface area (Å²) in [6.45, 7) is 2.03. The van der Waals surface area contributed by atoms with Gasteiger partial charge in [0.15, 0.2) is 5.84 Å². The van der Waals surface area contributed by atoms with Crippen molar-refractivity contribution in [1.82, 2.24) is 5.32 Å². The van der Waals surface area contributed by atoms with Crippen LogP contribution in [0.2, 0.25) is 0 Å². The molecular weight excluding hydrogens is 255 g/mol. The van der Waals surface area contributed by atoms with Gasteiger partial charge in [-0.3, -0.25) is 0 Å². The molecule has 4 N–H and O–H groups in total. The smallest absolute Gasteiger partial charge is 0.400 e. The lowest BCUT2D eigenvalue weighted by atomic mass is 10.1. The summed E-state index contributed by atoms with van der Waals surface area (Å²) < 4.78 is 37.5. The summed E-state index contributed by atoms with van der Waals surface area (Å²) in [4.78, 5) is 0. The van der Waals surface area contributed by atoms with Crippen molar-refractivity contribution in [2.24, 2.45) is 22.7 Å². The molecule has 0 aliphatic heterocycles. The number of hydrogen-bond donors (Lipinski definition) is 3. The molecule has 2 unspecified atom stereocenters. The number of nitrogens with two attached hydrogens (primary N) is 1. The van der Waals surface area contributed by atoms with Crippen LogP contribution < -0.4 is 11.1 Å². The van der Waals surface area contributed by atoms with Gasteiger partial charge in [-0.1, -0.05) is 12.1 Å². The van der Waals surface area contributed by atoms with Crippen LogP contribution in [0.1, 0.15) is 6.92 Å². The molecule has 102 valence electrons. The predicted molar refractivity (Wildman–Crippen MR) is 63.4 cm³/mol. The standard InChI is InChI=1S/C9H18F3N3OS/c1-6(5-17-2)3-14-4-7(8(13)15-16)9(10,11)12/h6-7,14,16H,3-5H2,1-2H3,(H2,13,15). The molecule has 0 spiro atoms. The maximum Gasteiger partial charge on any atom is 0.400 e. The Morgan fingerprint density at radius 3 is 2.47 bits per heavy atom. The molecule has 17 heavy (non-hydrogen) atoms. The summed E-state index contributed by atoms with van der Waals surface area (Å²) in [7, 11) is 0. The van der Waals surface area contributed by atoms with E-state index in [1.54, 1.807) is 11.8 Å². The average Bonchev–Trinajstić information content (AvgIpc) is 2.22. The Hall–Kier alpha value is -0.630. The molecular formula is C9H18F3N3OS. The van der Waals surface area contributed by atoms with Crippen LogP contribution in [0, 0.1) is 11.8 Å². The van der Waals surface area contributed by atoms with E-state index in [0.29, 0.717) is 6.54 Å². The number of oxime groups is 1. The van der Waals surface area contributed by atoms with Crippen molar-refractivity contribution in [3.05, 3.63) is 0 Å². The summed E-state index contributed by atoms with van der Waals surface area (Å²) in [6.07, 6.45) is -2.57. The first-order valence-corrected chi connectivity index (χ1v) is 6.46. The number of halogens is 3. The first kappa shape index (κ1) is 16.4. The van der Waals surface area contributed by atoms with E-state index in [1.165, 1.54) is 0 Å². The molecule has 4 nitrogen and oxygen atoms in total. The summed E-state index contributed by atoms with van der Waals surface area (Å²) in [5, 5.41) is 13.4. The van der Waals surface area contributed by atoms with Crippen molar-refractivity contribution in [2.75, 3.05) is 25.1 Å². The van der Waals surface area contributed by atoms with E-state index in [1.807, 2.05) is 13.2 Å². The highest BCUT2D eigenvalue weighted by Crippen LogP contribution is 2.25. The van der Waals surface area contributed by atoms with Crippen molar-refractivity contribution in [1.29, 1.82) is 0 Å². The largest absolute Gasteiger partial charge is 0.409 e. The Bertz CT molecular complexity index is 248. The number of rotatable bonds is 7. The third-order valence-electron chi connectivity index (χ3n) is 2.16. The first-order valence-electron chi connectivity index (χ1n) is 5.06. The van der Waals surface area contributed by atoms with Crippen LogP contribution >= 0.6 is 11.8 Å². The number of nitrogens with one attached hydrogen (secondary N) is 1. The second kappa shape index (κ2) is 7.65. The lowest BCUT2D eigenvalue weighted by Crippen LogP contribution is -2.43. The van der Waals surface area contributed by atoms with Crippen molar-refractivity contribution in [3.8, 4) is 0 Å². The molecule has 8 heteroatoms. The first-order chi connectivity index (χ1) is 7.82. The molecule has 0 heterocycles. The van der Waals surface area contributed by atoms with Crippen molar-refractivity contribution >= 4 is 17.6 Å². The zero-order chi connectivity index (χ0) is 13.5. The van der Waals surface area contributed by atoms with E-state index in [0.717, 1.165) is 5.75 Å². The summed E-state index contributed by atoms with van der Waals surface area (Å²) in [6, 6.07) is 0. The Morgan fingerprint density at radius 1 is 1.47 bits per heavy atom. The van der Waals surface area contributed by atoms with Gasteiger partial charge in [-0.2, -0.15) is 24.9 Å². The fourth-order valence-electron chi connectivity index (χ4n) is 1.28. The number of alkyl halides is 3. The van der Waals surface area contributed by atoms with E-state index >= 15 is 0 Å². The second-order valence-electron chi connectivity index (χ2n) is 3.84. The minimum absolute atomic E-state index is 0.270. The van der Waals surface area contributed by atoms with Crippen LogP contribution in [0.4, 0.5) is 13.2 Å². The van der Waals surface area contributed by atoms with Crippen LogP contribution in [0.3, 0.4) is 0 Å². The van der Waals surface area contributed by atoms with Crippen molar-refractivity contribution < 1.29 is 18.4 Å². The fraction of sp³-hybridized carbons (Fsp3) is 0.889. The number of nitrogens with zero attached hydrogens (tertiary/aromatic N) is 1. The van der Waals surface area contributed by atoms with Crippen LogP contribution in [0.15, 0.2) is 5.16 Å². The lowest BCUT2D eigenvalue weighted by molar-refractivity contribution is -0.154. The molecule has 0 aromatic heterocycles. The van der Waals surface area contributed by atoms with Gasteiger partial charge < -0.3 is 16.3 Å². The predicted octanol–water partition coefficient (Wildman–Crippen LogP) is 1.50. The van der Waals surface area contributed by atoms with Gasteiger partial charge in [-0.15, -0.1) is 0 Å². The third kappa shape index (κ3) is 6.62. The molecule has 0 bridgehead atoms. The quantitative estimate of drug-likeness (QED) is 0.284. The molecule has 0 amide bonds. The van der Waals surface area contributed by atoms with Crippen molar-refractivity contribution in [3.63, 3.8) is 0 Å². The summed E-state index contributed by atoms with van der Waals surface area (Å²) in [5.41, 5.74) is 5.01. The van der Waals surface area contributed by atoms with Crippen molar-refractivity contribution in [2.45, 2.75) is 13.1 Å². The second-order valence-corrected chi connectivity index (χ2v) is 4.75. The minimum atomic E-state index is -4.51. The van der Waals surface area contributed by atoms with E-state index in [2.05, 4.69) is 10.5 Å². The van der Waals surface area contributed by atoms with Gasteiger partial charge in [0.25, 0.3) is 0 Å². The van der Waals surface area contributed by atoms with Crippen LogP contribution in [0.25, 0.3) is 0 Å². The molecule has 0 radical (unpaired) electrons. The summed E-state index contributed by atoms with van der Waals surface area (Å²) in [5.74, 6) is -1.63. The van der Waals surface area contributed by atoms with E-state index in [4.69, 9.17) is 10.9 Å². The average molecular weight is 273 g/mol.